The topological polar surface area (TPSA) is 41.5 Å². The van der Waals surface area contributed by atoms with E-state index in [0.717, 1.165) is 43.1 Å². The first-order valence-corrected chi connectivity index (χ1v) is 13.3. The first-order valence-electron chi connectivity index (χ1n) is 13.3. The van der Waals surface area contributed by atoms with Gasteiger partial charge >= 0.3 is 0 Å². The van der Waals surface area contributed by atoms with Crippen molar-refractivity contribution < 1.29 is 9.84 Å². The molecule has 0 aromatic heterocycles. The van der Waals surface area contributed by atoms with Crippen LogP contribution in [0.4, 0.5) is 0 Å². The minimum Gasteiger partial charge on any atom is -0.389 e. The van der Waals surface area contributed by atoms with E-state index >= 15 is 0 Å². The minimum absolute atomic E-state index is 0.0574. The largest absolute Gasteiger partial charge is 0.389 e. The molecule has 2 saturated heterocycles. The van der Waals surface area contributed by atoms with Crippen LogP contribution in [0.25, 0.3) is 0 Å². The van der Waals surface area contributed by atoms with Crippen LogP contribution in [0.1, 0.15) is 85.5 Å². The Kier molecular flexibility index (Phi) is 4.85. The third kappa shape index (κ3) is 3.02. The van der Waals surface area contributed by atoms with Crippen LogP contribution in [0, 0.1) is 35.0 Å². The summed E-state index contributed by atoms with van der Waals surface area (Å²) in [5, 5.41) is 14.1. The van der Waals surface area contributed by atoms with Crippen LogP contribution in [0.15, 0.2) is 22.8 Å². The molecule has 0 radical (unpaired) electrons. The molecule has 10 atom stereocenters. The third-order valence-corrected chi connectivity index (χ3v) is 11.1. The summed E-state index contributed by atoms with van der Waals surface area (Å²) in [5.74, 6) is 3.74. The number of hydrogen-bond acceptors (Lipinski definition) is 3. The van der Waals surface area contributed by atoms with Gasteiger partial charge in [0.15, 0.2) is 0 Å². The van der Waals surface area contributed by atoms with Crippen LogP contribution in [-0.2, 0) is 4.74 Å². The van der Waals surface area contributed by atoms with Gasteiger partial charge in [-0.05, 0) is 100 Å². The van der Waals surface area contributed by atoms with Crippen molar-refractivity contribution in [2.24, 2.45) is 35.0 Å². The molecule has 3 heteroatoms. The Labute approximate surface area is 189 Å². The van der Waals surface area contributed by atoms with Crippen molar-refractivity contribution in [1.29, 1.82) is 0 Å². The van der Waals surface area contributed by atoms with Crippen molar-refractivity contribution in [3.63, 3.8) is 0 Å². The molecule has 2 aliphatic heterocycles. The summed E-state index contributed by atoms with van der Waals surface area (Å²) in [5.41, 5.74) is 5.44. The number of ether oxygens (including phenoxy) is 1. The molecule has 4 fully saturated rings. The van der Waals surface area contributed by atoms with E-state index in [1.807, 2.05) is 5.57 Å². The van der Waals surface area contributed by atoms with Crippen molar-refractivity contribution in [3.8, 4) is 0 Å². The Morgan fingerprint density at radius 2 is 2.00 bits per heavy atom. The number of aliphatic hydroxyl groups excluding tert-OH is 1. The fourth-order valence-corrected chi connectivity index (χ4v) is 9.28. The molecule has 6 aliphatic rings. The zero-order chi connectivity index (χ0) is 21.5. The maximum Gasteiger partial charge on any atom is 0.0765 e. The van der Waals surface area contributed by atoms with Gasteiger partial charge in [0.1, 0.15) is 0 Å². The van der Waals surface area contributed by atoms with E-state index in [0.29, 0.717) is 23.5 Å². The lowest BCUT2D eigenvalue weighted by Gasteiger charge is -2.49. The second-order valence-corrected chi connectivity index (χ2v) is 12.6. The molecule has 1 spiro atoms. The molecule has 1 unspecified atom stereocenters. The summed E-state index contributed by atoms with van der Waals surface area (Å²) in [6, 6.07) is 0.551. The van der Waals surface area contributed by atoms with Crippen LogP contribution < -0.4 is 5.32 Å². The van der Waals surface area contributed by atoms with Crippen LogP contribution in [0.5, 0.6) is 0 Å². The first-order chi connectivity index (χ1) is 14.8. The predicted octanol–water partition coefficient (Wildman–Crippen LogP) is 5.39. The zero-order valence-electron chi connectivity index (χ0n) is 20.1. The van der Waals surface area contributed by atoms with Crippen LogP contribution >= 0.6 is 0 Å². The van der Waals surface area contributed by atoms with Crippen molar-refractivity contribution in [2.75, 3.05) is 6.54 Å². The molecule has 0 amide bonds. The third-order valence-electron chi connectivity index (χ3n) is 11.1. The lowest BCUT2D eigenvalue weighted by molar-refractivity contribution is -0.0721. The number of aliphatic hydroxyl groups is 1. The highest BCUT2D eigenvalue weighted by atomic mass is 16.5. The Morgan fingerprint density at radius 1 is 1.16 bits per heavy atom. The van der Waals surface area contributed by atoms with E-state index in [2.05, 4.69) is 39.1 Å². The summed E-state index contributed by atoms with van der Waals surface area (Å²) in [4.78, 5) is 0. The standard InChI is InChI=1S/C28H43NO2/c1-16-11-25-26(29-15-16)18(3)28(31-25)10-8-21-22-6-5-19-12-20(30)7-9-27(19,4)24(22)13-23(21)17(2)14-28/h12,16,18,20-22,24-26,29-30H,5-11,13-15H2,1-4H3/t16-,18+,20?,21-,22-,24-,25+,26-,27-,28-/m0/s1. The maximum absolute atomic E-state index is 10.2. The lowest BCUT2D eigenvalue weighted by atomic mass is 9.56. The zero-order valence-corrected chi connectivity index (χ0v) is 20.1. The van der Waals surface area contributed by atoms with Gasteiger partial charge in [-0.3, -0.25) is 0 Å². The van der Waals surface area contributed by atoms with E-state index in [-0.39, 0.29) is 11.7 Å². The molecule has 0 aromatic carbocycles. The predicted molar refractivity (Wildman–Crippen MR) is 125 cm³/mol. The monoisotopic (exact) mass is 425 g/mol. The van der Waals surface area contributed by atoms with Crippen molar-refractivity contribution >= 4 is 0 Å². The second kappa shape index (κ2) is 7.18. The molecule has 3 nitrogen and oxygen atoms in total. The molecule has 172 valence electrons. The smallest absolute Gasteiger partial charge is 0.0765 e. The number of allylic oxidation sites excluding steroid dienone is 2. The molecule has 2 saturated carbocycles. The number of rotatable bonds is 0. The van der Waals surface area contributed by atoms with E-state index in [1.165, 1.54) is 44.9 Å². The Balaban J connectivity index is 1.29. The molecule has 31 heavy (non-hydrogen) atoms. The van der Waals surface area contributed by atoms with Gasteiger partial charge in [-0.25, -0.2) is 0 Å². The molecular weight excluding hydrogens is 382 g/mol. The van der Waals surface area contributed by atoms with Gasteiger partial charge in [-0.1, -0.05) is 43.6 Å². The van der Waals surface area contributed by atoms with Gasteiger partial charge in [0.25, 0.3) is 0 Å². The molecular formula is C28H43NO2. The molecule has 0 bridgehead atoms. The summed E-state index contributed by atoms with van der Waals surface area (Å²) >= 11 is 0. The van der Waals surface area contributed by atoms with Crippen molar-refractivity contribution in [3.05, 3.63) is 22.8 Å². The van der Waals surface area contributed by atoms with E-state index < -0.39 is 0 Å². The second-order valence-electron chi connectivity index (χ2n) is 12.6. The van der Waals surface area contributed by atoms with Crippen LogP contribution in [0.3, 0.4) is 0 Å². The Morgan fingerprint density at radius 3 is 2.84 bits per heavy atom. The van der Waals surface area contributed by atoms with E-state index in [4.69, 9.17) is 4.74 Å². The highest BCUT2D eigenvalue weighted by Gasteiger charge is 2.58. The molecule has 2 N–H and O–H groups in total. The highest BCUT2D eigenvalue weighted by Crippen LogP contribution is 2.64. The van der Waals surface area contributed by atoms with Gasteiger partial charge in [0.05, 0.1) is 17.8 Å². The van der Waals surface area contributed by atoms with Gasteiger partial charge in [0.2, 0.25) is 0 Å². The van der Waals surface area contributed by atoms with Crippen molar-refractivity contribution in [2.45, 2.75) is 109 Å². The Bertz CT molecular complexity index is 816. The van der Waals surface area contributed by atoms with Gasteiger partial charge < -0.3 is 15.2 Å². The SMILES string of the molecule is CC1=C2C[C@H]3[C@@H](CCC4=CC(O)CC[C@@]43C)[C@@H]2CC[C@@]2(C1)O[C@@H]1C[C@H](C)CN[C@H]1[C@H]2C. The number of hydrogen-bond donors (Lipinski definition) is 2. The summed E-state index contributed by atoms with van der Waals surface area (Å²) in [7, 11) is 0. The molecule has 0 aromatic rings. The Hall–Kier alpha value is -0.640. The maximum atomic E-state index is 10.2. The van der Waals surface area contributed by atoms with E-state index in [1.54, 1.807) is 11.1 Å². The fraction of sp³-hybridized carbons (Fsp3) is 0.857. The van der Waals surface area contributed by atoms with E-state index in [9.17, 15) is 5.11 Å². The normalized spacial score (nSPS) is 54.0. The number of fused-ring (bicyclic) bond motifs is 6. The first kappa shape index (κ1) is 20.9. The summed E-state index contributed by atoms with van der Waals surface area (Å²) in [6.45, 7) is 11.0. The van der Waals surface area contributed by atoms with Gasteiger partial charge in [-0.2, -0.15) is 0 Å². The summed E-state index contributed by atoms with van der Waals surface area (Å²) < 4.78 is 7.01. The lowest BCUT2D eigenvalue weighted by Crippen LogP contribution is -2.48. The average Bonchev–Trinajstić information content (AvgIpc) is 3.19. The quantitative estimate of drug-likeness (QED) is 0.511. The van der Waals surface area contributed by atoms with Gasteiger partial charge in [-0.15, -0.1) is 0 Å². The van der Waals surface area contributed by atoms with Crippen LogP contribution in [-0.4, -0.2) is 35.5 Å². The van der Waals surface area contributed by atoms with Crippen molar-refractivity contribution in [1.82, 2.24) is 5.32 Å². The number of nitrogens with one attached hydrogen (secondary N) is 1. The molecule has 4 aliphatic carbocycles. The number of piperidine rings is 1. The minimum atomic E-state index is -0.201. The van der Waals surface area contributed by atoms with Gasteiger partial charge in [0, 0.05) is 12.0 Å². The fourth-order valence-electron chi connectivity index (χ4n) is 9.28. The average molecular weight is 426 g/mol. The molecule has 6 rings (SSSR count). The van der Waals surface area contributed by atoms with Crippen LogP contribution in [0.2, 0.25) is 0 Å². The molecule has 2 heterocycles. The summed E-state index contributed by atoms with van der Waals surface area (Å²) in [6.07, 6.45) is 13.4. The highest BCUT2D eigenvalue weighted by molar-refractivity contribution is 5.33.